The van der Waals surface area contributed by atoms with Crippen LogP contribution in [-0.4, -0.2) is 12.2 Å². The number of ether oxygens (including phenoxy) is 1. The van der Waals surface area contributed by atoms with Gasteiger partial charge in [0, 0.05) is 5.56 Å². The highest BCUT2D eigenvalue weighted by atomic mass is 79.9. The van der Waals surface area contributed by atoms with E-state index in [9.17, 15) is 5.11 Å². The third-order valence-corrected chi connectivity index (χ3v) is 4.49. The van der Waals surface area contributed by atoms with Gasteiger partial charge in [0.25, 0.3) is 0 Å². The second-order valence-electron chi connectivity index (χ2n) is 5.53. The van der Waals surface area contributed by atoms with E-state index in [1.165, 1.54) is 30.4 Å². The van der Waals surface area contributed by atoms with Crippen molar-refractivity contribution < 1.29 is 9.84 Å². The molecule has 18 heavy (non-hydrogen) atoms. The largest absolute Gasteiger partial charge is 0.495 e. The summed E-state index contributed by atoms with van der Waals surface area (Å²) in [5, 5.41) is 10.3. The minimum Gasteiger partial charge on any atom is -0.495 e. The van der Waals surface area contributed by atoms with Crippen molar-refractivity contribution >= 4 is 15.9 Å². The molecule has 3 heteroatoms. The number of fused-ring (bicyclic) bond motifs is 1. The maximum absolute atomic E-state index is 10.3. The molecule has 0 amide bonds. The minimum atomic E-state index is -0.880. The smallest absolute Gasteiger partial charge is 0.139 e. The normalized spacial score (nSPS) is 16.1. The van der Waals surface area contributed by atoms with Crippen LogP contribution in [0.3, 0.4) is 0 Å². The van der Waals surface area contributed by atoms with Crippen LogP contribution in [0.15, 0.2) is 10.5 Å². The predicted octanol–water partition coefficient (Wildman–Crippen LogP) is 3.95. The number of halogens is 1. The average Bonchev–Trinajstić information content (AvgIpc) is 2.53. The van der Waals surface area contributed by atoms with E-state index in [4.69, 9.17) is 4.74 Å². The molecule has 0 radical (unpaired) electrons. The average molecular weight is 313 g/mol. The molecule has 1 N–H and O–H groups in total. The molecular formula is C15H21BrO2. The topological polar surface area (TPSA) is 29.5 Å². The van der Waals surface area contributed by atoms with Crippen LogP contribution < -0.4 is 4.74 Å². The van der Waals surface area contributed by atoms with Gasteiger partial charge in [-0.2, -0.15) is 0 Å². The number of rotatable bonds is 2. The third-order valence-electron chi connectivity index (χ3n) is 3.65. The lowest BCUT2D eigenvalue weighted by Crippen LogP contribution is -2.18. The molecule has 2 rings (SSSR count). The molecule has 1 aromatic carbocycles. The fourth-order valence-corrected chi connectivity index (χ4v) is 3.49. The highest BCUT2D eigenvalue weighted by molar-refractivity contribution is 9.10. The molecule has 0 spiro atoms. The Kier molecular flexibility index (Phi) is 4.02. The number of benzene rings is 1. The van der Waals surface area contributed by atoms with E-state index in [-0.39, 0.29) is 0 Å². The van der Waals surface area contributed by atoms with Crippen molar-refractivity contribution in [3.05, 3.63) is 27.2 Å². The van der Waals surface area contributed by atoms with Crippen LogP contribution >= 0.6 is 15.9 Å². The third kappa shape index (κ3) is 2.57. The van der Waals surface area contributed by atoms with E-state index in [2.05, 4.69) is 22.0 Å². The molecule has 1 aromatic rings. The monoisotopic (exact) mass is 312 g/mol. The van der Waals surface area contributed by atoms with E-state index in [0.717, 1.165) is 28.6 Å². The zero-order valence-corrected chi connectivity index (χ0v) is 12.9. The summed E-state index contributed by atoms with van der Waals surface area (Å²) < 4.78 is 6.53. The van der Waals surface area contributed by atoms with Crippen LogP contribution in [0.5, 0.6) is 5.75 Å². The Balaban J connectivity index is 2.62. The first-order valence-corrected chi connectivity index (χ1v) is 7.35. The van der Waals surface area contributed by atoms with Gasteiger partial charge in [0.15, 0.2) is 0 Å². The van der Waals surface area contributed by atoms with Gasteiger partial charge in [-0.1, -0.05) is 6.42 Å². The molecule has 0 bridgehead atoms. The Hall–Kier alpha value is -0.540. The summed E-state index contributed by atoms with van der Waals surface area (Å²) >= 11 is 3.67. The first-order valence-electron chi connectivity index (χ1n) is 6.56. The van der Waals surface area contributed by atoms with Gasteiger partial charge in [0.05, 0.1) is 17.2 Å². The molecule has 0 saturated carbocycles. The van der Waals surface area contributed by atoms with E-state index in [1.54, 1.807) is 21.0 Å². The summed E-state index contributed by atoms with van der Waals surface area (Å²) in [5.41, 5.74) is 2.71. The maximum Gasteiger partial charge on any atom is 0.139 e. The fraction of sp³-hybridized carbons (Fsp3) is 0.600. The van der Waals surface area contributed by atoms with Gasteiger partial charge in [0.2, 0.25) is 0 Å². The molecule has 1 aliphatic rings. The van der Waals surface area contributed by atoms with Crippen LogP contribution in [-0.2, 0) is 18.4 Å². The number of hydrogen-bond donors (Lipinski definition) is 1. The number of methoxy groups -OCH3 is 1. The molecule has 1 aliphatic carbocycles. The standard InChI is InChI=1S/C15H21BrO2/c1-15(2,17)12-9-10-7-5-4-6-8-11(10)13(16)14(12)18-3/h9,17H,4-8H2,1-3H3. The molecule has 100 valence electrons. The summed E-state index contributed by atoms with van der Waals surface area (Å²) in [6.45, 7) is 3.61. The number of aliphatic hydroxyl groups is 1. The Bertz CT molecular complexity index is 447. The summed E-state index contributed by atoms with van der Waals surface area (Å²) in [6, 6.07) is 2.13. The van der Waals surface area contributed by atoms with E-state index in [0.29, 0.717) is 0 Å². The van der Waals surface area contributed by atoms with E-state index in [1.807, 2.05) is 0 Å². The lowest BCUT2D eigenvalue weighted by molar-refractivity contribution is 0.0754. The summed E-state index contributed by atoms with van der Waals surface area (Å²) in [4.78, 5) is 0. The SMILES string of the molecule is COc1c(C(C)(C)O)cc2c(c1Br)CCCCC2. The zero-order valence-electron chi connectivity index (χ0n) is 11.3. The fourth-order valence-electron chi connectivity index (χ4n) is 2.66. The van der Waals surface area contributed by atoms with Crippen LogP contribution in [0.1, 0.15) is 49.8 Å². The Morgan fingerprint density at radius 2 is 1.89 bits per heavy atom. The van der Waals surface area contributed by atoms with Crippen molar-refractivity contribution in [2.24, 2.45) is 0 Å². The predicted molar refractivity (Wildman–Crippen MR) is 77.2 cm³/mol. The Morgan fingerprint density at radius 1 is 1.22 bits per heavy atom. The molecule has 0 aromatic heterocycles. The lowest BCUT2D eigenvalue weighted by atomic mass is 9.91. The second-order valence-corrected chi connectivity index (χ2v) is 6.32. The molecule has 2 nitrogen and oxygen atoms in total. The first-order chi connectivity index (χ1) is 8.45. The zero-order chi connectivity index (χ0) is 13.3. The van der Waals surface area contributed by atoms with Crippen molar-refractivity contribution in [1.82, 2.24) is 0 Å². The summed E-state index contributed by atoms with van der Waals surface area (Å²) in [6.07, 6.45) is 5.94. The lowest BCUT2D eigenvalue weighted by Gasteiger charge is -2.24. The maximum atomic E-state index is 10.3. The van der Waals surface area contributed by atoms with Crippen molar-refractivity contribution in [3.8, 4) is 5.75 Å². The van der Waals surface area contributed by atoms with E-state index >= 15 is 0 Å². The Labute approximate surface area is 117 Å². The van der Waals surface area contributed by atoms with Gasteiger partial charge < -0.3 is 9.84 Å². The van der Waals surface area contributed by atoms with Gasteiger partial charge in [-0.3, -0.25) is 0 Å². The van der Waals surface area contributed by atoms with E-state index < -0.39 is 5.60 Å². The highest BCUT2D eigenvalue weighted by Gasteiger charge is 2.26. The highest BCUT2D eigenvalue weighted by Crippen LogP contribution is 2.41. The first kappa shape index (κ1) is 13.9. The van der Waals surface area contributed by atoms with Crippen LogP contribution in [0.2, 0.25) is 0 Å². The Morgan fingerprint density at radius 3 is 2.50 bits per heavy atom. The van der Waals surface area contributed by atoms with Crippen molar-refractivity contribution in [1.29, 1.82) is 0 Å². The van der Waals surface area contributed by atoms with Crippen LogP contribution in [0.4, 0.5) is 0 Å². The quantitative estimate of drug-likeness (QED) is 0.838. The van der Waals surface area contributed by atoms with Crippen LogP contribution in [0.25, 0.3) is 0 Å². The molecule has 0 heterocycles. The number of aryl methyl sites for hydroxylation is 1. The van der Waals surface area contributed by atoms with Gasteiger partial charge in [-0.05, 0) is 72.7 Å². The molecule has 0 aliphatic heterocycles. The van der Waals surface area contributed by atoms with Gasteiger partial charge in [-0.25, -0.2) is 0 Å². The summed E-state index contributed by atoms with van der Waals surface area (Å²) in [5.74, 6) is 0.781. The molecule has 0 saturated heterocycles. The van der Waals surface area contributed by atoms with Gasteiger partial charge in [-0.15, -0.1) is 0 Å². The van der Waals surface area contributed by atoms with Crippen molar-refractivity contribution in [2.75, 3.05) is 7.11 Å². The van der Waals surface area contributed by atoms with Gasteiger partial charge in [0.1, 0.15) is 5.75 Å². The summed E-state index contributed by atoms with van der Waals surface area (Å²) in [7, 11) is 1.67. The molecular weight excluding hydrogens is 292 g/mol. The molecule has 0 unspecified atom stereocenters. The van der Waals surface area contributed by atoms with Crippen molar-refractivity contribution in [3.63, 3.8) is 0 Å². The number of hydrogen-bond acceptors (Lipinski definition) is 2. The minimum absolute atomic E-state index is 0.781. The van der Waals surface area contributed by atoms with Gasteiger partial charge >= 0.3 is 0 Å². The second kappa shape index (κ2) is 5.22. The molecule has 0 fully saturated rings. The van der Waals surface area contributed by atoms with Crippen LogP contribution in [0, 0.1) is 0 Å². The molecule has 0 atom stereocenters. The van der Waals surface area contributed by atoms with Crippen molar-refractivity contribution in [2.45, 2.75) is 51.6 Å².